The number of benzene rings is 2. The molecule has 1 saturated heterocycles. The van der Waals surface area contributed by atoms with Crippen molar-refractivity contribution in [3.63, 3.8) is 0 Å². The molecule has 5 rings (SSSR count). The van der Waals surface area contributed by atoms with Gasteiger partial charge in [-0.15, -0.1) is 0 Å². The highest BCUT2D eigenvalue weighted by atomic mass is 35.5. The van der Waals surface area contributed by atoms with Crippen LogP contribution in [0.3, 0.4) is 0 Å². The average molecular weight is 396 g/mol. The van der Waals surface area contributed by atoms with Crippen molar-refractivity contribution in [3.05, 3.63) is 64.0 Å². The van der Waals surface area contributed by atoms with E-state index >= 15 is 0 Å². The Labute approximate surface area is 168 Å². The summed E-state index contributed by atoms with van der Waals surface area (Å²) in [4.78, 5) is 21.4. The fourth-order valence-corrected chi connectivity index (χ4v) is 4.42. The van der Waals surface area contributed by atoms with E-state index in [1.165, 1.54) is 5.69 Å². The molecule has 0 amide bonds. The number of fused-ring (bicyclic) bond motifs is 3. The Hall–Kier alpha value is -2.57. The number of hydrogen-bond acceptors (Lipinski definition) is 5. The van der Waals surface area contributed by atoms with Crippen molar-refractivity contribution in [1.29, 1.82) is 0 Å². The summed E-state index contributed by atoms with van der Waals surface area (Å²) in [5.41, 5.74) is 1.76. The second-order valence-electron chi connectivity index (χ2n) is 7.48. The molecule has 2 aliphatic rings. The summed E-state index contributed by atoms with van der Waals surface area (Å²) < 4.78 is 1.77. The van der Waals surface area contributed by atoms with E-state index in [1.807, 2.05) is 42.5 Å². The van der Waals surface area contributed by atoms with Gasteiger partial charge in [-0.2, -0.15) is 4.98 Å². The van der Waals surface area contributed by atoms with Gasteiger partial charge < -0.3 is 10.2 Å². The van der Waals surface area contributed by atoms with Gasteiger partial charge in [-0.3, -0.25) is 9.47 Å². The van der Waals surface area contributed by atoms with E-state index in [4.69, 9.17) is 11.6 Å². The lowest BCUT2D eigenvalue weighted by molar-refractivity contribution is 0.245. The smallest absolute Gasteiger partial charge is 0.349 e. The molecule has 0 aliphatic carbocycles. The number of aromatic nitrogens is 2. The summed E-state index contributed by atoms with van der Waals surface area (Å²) >= 11 is 6.13. The molecule has 1 atom stereocenters. The predicted molar refractivity (Wildman–Crippen MR) is 114 cm³/mol. The van der Waals surface area contributed by atoms with Crippen molar-refractivity contribution in [3.8, 4) is 0 Å². The summed E-state index contributed by atoms with van der Waals surface area (Å²) in [5.74, 6) is 0.901. The van der Waals surface area contributed by atoms with Crippen molar-refractivity contribution >= 4 is 34.0 Å². The fraction of sp³-hybridized carbons (Fsp3) is 0.333. The zero-order valence-electron chi connectivity index (χ0n) is 15.5. The van der Waals surface area contributed by atoms with E-state index in [2.05, 4.69) is 26.2 Å². The highest BCUT2D eigenvalue weighted by Gasteiger charge is 2.27. The molecule has 1 fully saturated rings. The first-order valence-electron chi connectivity index (χ1n) is 9.66. The molecule has 3 aromatic rings. The van der Waals surface area contributed by atoms with Crippen LogP contribution in [0, 0.1) is 0 Å². The van der Waals surface area contributed by atoms with Gasteiger partial charge in [0, 0.05) is 48.8 Å². The first-order chi connectivity index (χ1) is 13.7. The zero-order valence-corrected chi connectivity index (χ0v) is 16.3. The van der Waals surface area contributed by atoms with Crippen LogP contribution in [-0.2, 0) is 6.54 Å². The minimum Gasteiger partial charge on any atom is -0.369 e. The maximum Gasteiger partial charge on any atom is 0.349 e. The van der Waals surface area contributed by atoms with Gasteiger partial charge in [-0.05, 0) is 30.3 Å². The second-order valence-corrected chi connectivity index (χ2v) is 7.92. The Kier molecular flexibility index (Phi) is 4.45. The number of hydrogen-bond donors (Lipinski definition) is 1. The van der Waals surface area contributed by atoms with Crippen LogP contribution in [0.1, 0.15) is 0 Å². The Bertz CT molecular complexity index is 1070. The monoisotopic (exact) mass is 395 g/mol. The molecule has 144 valence electrons. The van der Waals surface area contributed by atoms with Crippen molar-refractivity contribution in [2.45, 2.75) is 12.6 Å². The predicted octanol–water partition coefficient (Wildman–Crippen LogP) is 2.67. The van der Waals surface area contributed by atoms with E-state index in [9.17, 15) is 4.79 Å². The Morgan fingerprint density at radius 3 is 2.71 bits per heavy atom. The molecule has 1 aromatic heterocycles. The number of piperazine rings is 1. The number of rotatable bonds is 3. The van der Waals surface area contributed by atoms with Gasteiger partial charge in [0.25, 0.3) is 0 Å². The quantitative estimate of drug-likeness (QED) is 0.739. The molecule has 0 radical (unpaired) electrons. The van der Waals surface area contributed by atoms with Crippen molar-refractivity contribution in [1.82, 2.24) is 14.5 Å². The van der Waals surface area contributed by atoms with Crippen LogP contribution in [0.5, 0.6) is 0 Å². The van der Waals surface area contributed by atoms with Gasteiger partial charge in [0.05, 0.1) is 18.1 Å². The largest absolute Gasteiger partial charge is 0.369 e. The zero-order chi connectivity index (χ0) is 19.1. The Morgan fingerprint density at radius 1 is 1.07 bits per heavy atom. The van der Waals surface area contributed by atoms with Gasteiger partial charge in [0.15, 0.2) is 0 Å². The molecule has 0 bridgehead atoms. The number of para-hydroxylation sites is 1. The van der Waals surface area contributed by atoms with Crippen LogP contribution < -0.4 is 15.9 Å². The molecule has 0 unspecified atom stereocenters. The molecule has 2 aliphatic heterocycles. The molecular weight excluding hydrogens is 374 g/mol. The summed E-state index contributed by atoms with van der Waals surface area (Å²) in [7, 11) is 0. The van der Waals surface area contributed by atoms with Crippen LogP contribution >= 0.6 is 11.6 Å². The van der Waals surface area contributed by atoms with Gasteiger partial charge in [0.2, 0.25) is 0 Å². The van der Waals surface area contributed by atoms with E-state index < -0.39 is 0 Å². The summed E-state index contributed by atoms with van der Waals surface area (Å²) in [6.07, 6.45) is 0. The third kappa shape index (κ3) is 3.23. The highest BCUT2D eigenvalue weighted by molar-refractivity contribution is 6.30. The number of anilines is 2. The van der Waals surface area contributed by atoms with E-state index in [-0.39, 0.29) is 11.7 Å². The second kappa shape index (κ2) is 7.11. The van der Waals surface area contributed by atoms with Crippen LogP contribution in [0.2, 0.25) is 5.02 Å². The fourth-order valence-electron chi connectivity index (χ4n) is 4.24. The van der Waals surface area contributed by atoms with Crippen LogP contribution in [0.15, 0.2) is 53.3 Å². The van der Waals surface area contributed by atoms with Crippen LogP contribution in [0.25, 0.3) is 10.9 Å². The number of nitrogens with one attached hydrogen (secondary N) is 1. The van der Waals surface area contributed by atoms with E-state index in [0.717, 1.165) is 54.5 Å². The maximum absolute atomic E-state index is 12.4. The molecule has 3 heterocycles. The molecular formula is C21H22ClN5O. The normalized spacial score (nSPS) is 19.6. The lowest BCUT2D eigenvalue weighted by Gasteiger charge is -2.37. The Morgan fingerprint density at radius 2 is 1.89 bits per heavy atom. The molecule has 28 heavy (non-hydrogen) atoms. The maximum atomic E-state index is 12.4. The van der Waals surface area contributed by atoms with Gasteiger partial charge in [-0.1, -0.05) is 29.8 Å². The standard InChI is InChI=1S/C21H22ClN5O/c22-15-4-3-5-17(12-15)26-10-8-25(9-11-26)13-16-14-27-20(23-16)18-6-1-2-7-19(18)24-21(27)28/h1-7,12,16,23H,8-11,13-14H2/t16-/m0/s1. The molecule has 1 N–H and O–H groups in total. The average Bonchev–Trinajstić information content (AvgIpc) is 3.13. The van der Waals surface area contributed by atoms with Gasteiger partial charge in [0.1, 0.15) is 5.82 Å². The topological polar surface area (TPSA) is 53.4 Å². The van der Waals surface area contributed by atoms with Crippen LogP contribution in [0.4, 0.5) is 11.5 Å². The van der Waals surface area contributed by atoms with Gasteiger partial charge >= 0.3 is 5.69 Å². The lowest BCUT2D eigenvalue weighted by atomic mass is 10.2. The third-order valence-electron chi connectivity index (χ3n) is 5.64. The van der Waals surface area contributed by atoms with Gasteiger partial charge in [-0.25, -0.2) is 4.79 Å². The third-order valence-corrected chi connectivity index (χ3v) is 5.88. The first kappa shape index (κ1) is 17.5. The number of halogens is 1. The van der Waals surface area contributed by atoms with E-state index in [0.29, 0.717) is 6.54 Å². The molecule has 2 aromatic carbocycles. The van der Waals surface area contributed by atoms with Crippen molar-refractivity contribution in [2.24, 2.45) is 0 Å². The minimum atomic E-state index is -0.172. The summed E-state index contributed by atoms with van der Waals surface area (Å²) in [6, 6.07) is 16.1. The Balaban J connectivity index is 1.25. The highest BCUT2D eigenvalue weighted by Crippen LogP contribution is 2.26. The summed E-state index contributed by atoms with van der Waals surface area (Å²) in [6.45, 7) is 5.53. The number of nitrogens with zero attached hydrogens (tertiary/aromatic N) is 4. The SMILES string of the molecule is O=c1nc2ccccc2c2n1C[C@H](CN1CCN(c3cccc(Cl)c3)CC1)N2. The van der Waals surface area contributed by atoms with Crippen LogP contribution in [-0.4, -0.2) is 53.2 Å². The minimum absolute atomic E-state index is 0.172. The molecule has 7 heteroatoms. The molecule has 6 nitrogen and oxygen atoms in total. The first-order valence-corrected chi connectivity index (χ1v) is 10.0. The van der Waals surface area contributed by atoms with Crippen molar-refractivity contribution in [2.75, 3.05) is 42.9 Å². The lowest BCUT2D eigenvalue weighted by Crippen LogP contribution is -2.49. The van der Waals surface area contributed by atoms with Crippen molar-refractivity contribution < 1.29 is 0 Å². The molecule has 0 saturated carbocycles. The van der Waals surface area contributed by atoms with E-state index in [1.54, 1.807) is 4.57 Å². The summed E-state index contributed by atoms with van der Waals surface area (Å²) in [5, 5.41) is 5.35. The molecule has 0 spiro atoms.